The molecule has 0 aliphatic rings. The van der Waals surface area contributed by atoms with Gasteiger partial charge >= 0.3 is 0 Å². The van der Waals surface area contributed by atoms with Gasteiger partial charge in [0.2, 0.25) is 0 Å². The molecule has 0 aromatic rings. The van der Waals surface area contributed by atoms with Crippen molar-refractivity contribution >= 4 is 0 Å². The van der Waals surface area contributed by atoms with Crippen molar-refractivity contribution in [3.05, 3.63) is 19.1 Å². The van der Waals surface area contributed by atoms with E-state index in [1.54, 1.807) is 6.08 Å². The van der Waals surface area contributed by atoms with E-state index in [1.807, 2.05) is 6.07 Å². The first-order valence-corrected chi connectivity index (χ1v) is 2.44. The molecule has 0 bridgehead atoms. The SMILES string of the molecule is C=CCNC[CH]C#N. The van der Waals surface area contributed by atoms with Crippen molar-refractivity contribution in [1.82, 2.24) is 5.32 Å². The molecule has 0 spiro atoms. The Labute approximate surface area is 49.8 Å². The monoisotopic (exact) mass is 109 g/mol. The Balaban J connectivity index is 2.74. The summed E-state index contributed by atoms with van der Waals surface area (Å²) in [5.41, 5.74) is 0. The fraction of sp³-hybridized carbons (Fsp3) is 0.333. The van der Waals surface area contributed by atoms with E-state index < -0.39 is 0 Å². The van der Waals surface area contributed by atoms with Crippen molar-refractivity contribution in [3.63, 3.8) is 0 Å². The summed E-state index contributed by atoms with van der Waals surface area (Å²) in [5.74, 6) is 0. The van der Waals surface area contributed by atoms with Crippen LogP contribution in [0.3, 0.4) is 0 Å². The molecule has 43 valence electrons. The average molecular weight is 109 g/mol. The van der Waals surface area contributed by atoms with Crippen molar-refractivity contribution < 1.29 is 0 Å². The summed E-state index contributed by atoms with van der Waals surface area (Å²) < 4.78 is 0. The Kier molecular flexibility index (Phi) is 5.56. The lowest BCUT2D eigenvalue weighted by molar-refractivity contribution is 0.825. The van der Waals surface area contributed by atoms with Gasteiger partial charge in [-0.3, -0.25) is 0 Å². The van der Waals surface area contributed by atoms with Gasteiger partial charge in [-0.2, -0.15) is 5.26 Å². The topological polar surface area (TPSA) is 35.8 Å². The van der Waals surface area contributed by atoms with Crippen LogP contribution in [-0.4, -0.2) is 13.1 Å². The molecule has 0 aromatic heterocycles. The second-order valence-corrected chi connectivity index (χ2v) is 1.28. The first-order valence-electron chi connectivity index (χ1n) is 2.44. The van der Waals surface area contributed by atoms with Crippen molar-refractivity contribution in [3.8, 4) is 6.07 Å². The molecule has 2 heteroatoms. The third-order valence-electron chi connectivity index (χ3n) is 0.626. The number of hydrogen-bond donors (Lipinski definition) is 1. The Bertz CT molecular complexity index is 91.2. The normalized spacial score (nSPS) is 7.88. The van der Waals surface area contributed by atoms with Gasteiger partial charge in [-0.15, -0.1) is 6.58 Å². The summed E-state index contributed by atoms with van der Waals surface area (Å²) >= 11 is 0. The molecule has 0 saturated carbocycles. The molecule has 0 aliphatic carbocycles. The molecule has 0 aromatic carbocycles. The molecule has 0 aliphatic heterocycles. The van der Waals surface area contributed by atoms with Crippen molar-refractivity contribution in [2.75, 3.05) is 13.1 Å². The van der Waals surface area contributed by atoms with Crippen LogP contribution in [0, 0.1) is 17.8 Å². The van der Waals surface area contributed by atoms with Gasteiger partial charge in [-0.1, -0.05) is 6.08 Å². The number of rotatable bonds is 4. The van der Waals surface area contributed by atoms with Crippen LogP contribution in [-0.2, 0) is 0 Å². The standard InChI is InChI=1S/C6H9N2/c1-2-5-8-6-3-4-7/h2-3,8H,1,5-6H2. The molecule has 1 N–H and O–H groups in total. The van der Waals surface area contributed by atoms with Gasteiger partial charge in [-0.05, 0) is 0 Å². The molecular weight excluding hydrogens is 100 g/mol. The molecule has 0 atom stereocenters. The Morgan fingerprint density at radius 3 is 2.88 bits per heavy atom. The largest absolute Gasteiger partial charge is 0.312 e. The van der Waals surface area contributed by atoms with Crippen molar-refractivity contribution in [2.45, 2.75) is 0 Å². The van der Waals surface area contributed by atoms with Gasteiger partial charge in [-0.25, -0.2) is 0 Å². The third kappa shape index (κ3) is 5.19. The minimum absolute atomic E-state index is 0.641. The van der Waals surface area contributed by atoms with Crippen LogP contribution in [0.15, 0.2) is 12.7 Å². The average Bonchev–Trinajstić information content (AvgIpc) is 1.81. The van der Waals surface area contributed by atoms with Gasteiger partial charge < -0.3 is 5.32 Å². The number of hydrogen-bond acceptors (Lipinski definition) is 2. The maximum atomic E-state index is 7.99. The van der Waals surface area contributed by atoms with Gasteiger partial charge in [0.1, 0.15) is 0 Å². The van der Waals surface area contributed by atoms with E-state index in [0.717, 1.165) is 6.54 Å². The predicted molar refractivity (Wildman–Crippen MR) is 33.0 cm³/mol. The highest BCUT2D eigenvalue weighted by Crippen LogP contribution is 1.66. The fourth-order valence-corrected chi connectivity index (χ4v) is 0.303. The lowest BCUT2D eigenvalue weighted by atomic mass is 10.4. The second-order valence-electron chi connectivity index (χ2n) is 1.28. The highest BCUT2D eigenvalue weighted by molar-refractivity contribution is 4.93. The zero-order valence-corrected chi connectivity index (χ0v) is 4.72. The first-order chi connectivity index (χ1) is 3.91. The summed E-state index contributed by atoms with van der Waals surface area (Å²) in [6, 6.07) is 1.90. The van der Waals surface area contributed by atoms with E-state index in [4.69, 9.17) is 5.26 Å². The first kappa shape index (κ1) is 7.19. The Morgan fingerprint density at radius 1 is 1.62 bits per heavy atom. The van der Waals surface area contributed by atoms with Crippen molar-refractivity contribution in [2.24, 2.45) is 0 Å². The molecule has 1 radical (unpaired) electrons. The molecule has 0 unspecified atom stereocenters. The Morgan fingerprint density at radius 2 is 2.38 bits per heavy atom. The van der Waals surface area contributed by atoms with Crippen LogP contribution in [0.25, 0.3) is 0 Å². The van der Waals surface area contributed by atoms with E-state index in [0.29, 0.717) is 6.54 Å². The van der Waals surface area contributed by atoms with E-state index in [9.17, 15) is 0 Å². The number of nitriles is 1. The van der Waals surface area contributed by atoms with Gasteiger partial charge in [0.05, 0.1) is 12.5 Å². The van der Waals surface area contributed by atoms with E-state index in [1.165, 1.54) is 6.42 Å². The number of nitrogens with zero attached hydrogens (tertiary/aromatic N) is 1. The summed E-state index contributed by atoms with van der Waals surface area (Å²) in [6.45, 7) is 4.90. The highest BCUT2D eigenvalue weighted by atomic mass is 14.8. The zero-order chi connectivity index (χ0) is 6.24. The van der Waals surface area contributed by atoms with Crippen LogP contribution in [0.1, 0.15) is 0 Å². The third-order valence-corrected chi connectivity index (χ3v) is 0.626. The highest BCUT2D eigenvalue weighted by Gasteiger charge is 1.78. The molecule has 0 rings (SSSR count). The minimum Gasteiger partial charge on any atom is -0.312 e. The lowest BCUT2D eigenvalue weighted by Gasteiger charge is -1.91. The van der Waals surface area contributed by atoms with Crippen LogP contribution >= 0.6 is 0 Å². The summed E-state index contributed by atoms with van der Waals surface area (Å²) in [6.07, 6.45) is 3.26. The second kappa shape index (κ2) is 6.19. The van der Waals surface area contributed by atoms with Gasteiger partial charge in [0.15, 0.2) is 0 Å². The van der Waals surface area contributed by atoms with E-state index in [2.05, 4.69) is 11.9 Å². The summed E-state index contributed by atoms with van der Waals surface area (Å²) in [7, 11) is 0. The molecule has 0 fully saturated rings. The van der Waals surface area contributed by atoms with E-state index in [-0.39, 0.29) is 0 Å². The van der Waals surface area contributed by atoms with Crippen LogP contribution in [0.5, 0.6) is 0 Å². The lowest BCUT2D eigenvalue weighted by Crippen LogP contribution is -2.14. The van der Waals surface area contributed by atoms with Crippen LogP contribution in [0.2, 0.25) is 0 Å². The fourth-order valence-electron chi connectivity index (χ4n) is 0.303. The number of nitrogens with one attached hydrogen (secondary N) is 1. The van der Waals surface area contributed by atoms with Crippen molar-refractivity contribution in [1.29, 1.82) is 5.26 Å². The zero-order valence-electron chi connectivity index (χ0n) is 4.72. The smallest absolute Gasteiger partial charge is 0.0758 e. The van der Waals surface area contributed by atoms with Gasteiger partial charge in [0.25, 0.3) is 0 Å². The minimum atomic E-state index is 0.641. The maximum Gasteiger partial charge on any atom is 0.0758 e. The molecule has 8 heavy (non-hydrogen) atoms. The van der Waals surface area contributed by atoms with Gasteiger partial charge in [0, 0.05) is 13.1 Å². The Hall–Kier alpha value is -0.810. The quantitative estimate of drug-likeness (QED) is 0.421. The maximum absolute atomic E-state index is 7.99. The molecule has 0 heterocycles. The predicted octanol–water partition coefficient (Wildman–Crippen LogP) is 0.490. The van der Waals surface area contributed by atoms with Crippen LogP contribution < -0.4 is 5.32 Å². The summed E-state index contributed by atoms with van der Waals surface area (Å²) in [4.78, 5) is 0. The van der Waals surface area contributed by atoms with Crippen LogP contribution in [0.4, 0.5) is 0 Å². The molecule has 0 amide bonds. The molecular formula is C6H9N2. The molecule has 2 nitrogen and oxygen atoms in total. The van der Waals surface area contributed by atoms with E-state index >= 15 is 0 Å². The molecule has 0 saturated heterocycles. The summed E-state index contributed by atoms with van der Waals surface area (Å²) in [5, 5.41) is 10.9.